The molecule has 21 heavy (non-hydrogen) atoms. The van der Waals surface area contributed by atoms with Gasteiger partial charge in [-0.3, -0.25) is 4.98 Å². The zero-order valence-corrected chi connectivity index (χ0v) is 11.5. The van der Waals surface area contributed by atoms with Crippen molar-refractivity contribution >= 4 is 6.09 Å². The number of rotatable bonds is 5. The van der Waals surface area contributed by atoms with E-state index in [-0.39, 0.29) is 6.61 Å². The minimum Gasteiger partial charge on any atom is -0.497 e. The van der Waals surface area contributed by atoms with Crippen molar-refractivity contribution in [3.8, 4) is 5.75 Å². The smallest absolute Gasteiger partial charge is 0.405 e. The van der Waals surface area contributed by atoms with Gasteiger partial charge in [-0.2, -0.15) is 0 Å². The lowest BCUT2D eigenvalue weighted by Gasteiger charge is -2.17. The second-order valence-electron chi connectivity index (χ2n) is 4.34. The molecule has 2 rings (SSSR count). The molecule has 6 nitrogen and oxygen atoms in total. The van der Waals surface area contributed by atoms with Gasteiger partial charge in [0.1, 0.15) is 5.75 Å². The molecule has 0 radical (unpaired) electrons. The first kappa shape index (κ1) is 14.8. The highest BCUT2D eigenvalue weighted by atomic mass is 16.6. The third-order valence-corrected chi connectivity index (χ3v) is 2.95. The number of aliphatic hydroxyl groups excluding tert-OH is 1. The maximum Gasteiger partial charge on any atom is 0.405 e. The third-order valence-electron chi connectivity index (χ3n) is 2.95. The van der Waals surface area contributed by atoms with Crippen molar-refractivity contribution in [3.05, 3.63) is 59.4 Å². The fourth-order valence-electron chi connectivity index (χ4n) is 1.93. The normalized spacial score (nSPS) is 11.7. The Bertz CT molecular complexity index is 613. The van der Waals surface area contributed by atoms with Crippen molar-refractivity contribution in [3.63, 3.8) is 0 Å². The van der Waals surface area contributed by atoms with Gasteiger partial charge in [-0.25, -0.2) is 4.79 Å². The quantitative estimate of drug-likeness (QED) is 0.874. The number of hydrogen-bond donors (Lipinski definition) is 2. The van der Waals surface area contributed by atoms with E-state index in [1.165, 1.54) is 0 Å². The Labute approximate surface area is 122 Å². The van der Waals surface area contributed by atoms with Crippen molar-refractivity contribution in [1.29, 1.82) is 0 Å². The Kier molecular flexibility index (Phi) is 4.73. The summed E-state index contributed by atoms with van der Waals surface area (Å²) in [5, 5.41) is 9.19. The summed E-state index contributed by atoms with van der Waals surface area (Å²) in [6.45, 7) is -0.124. The number of aromatic nitrogens is 1. The van der Waals surface area contributed by atoms with Crippen LogP contribution in [0.25, 0.3) is 0 Å². The van der Waals surface area contributed by atoms with Crippen LogP contribution in [0, 0.1) is 0 Å². The van der Waals surface area contributed by atoms with Crippen molar-refractivity contribution < 1.29 is 19.4 Å². The molecule has 6 heteroatoms. The van der Waals surface area contributed by atoms with Gasteiger partial charge in [-0.05, 0) is 35.4 Å². The van der Waals surface area contributed by atoms with Crippen molar-refractivity contribution in [2.45, 2.75) is 12.7 Å². The molecule has 2 aromatic rings. The lowest BCUT2D eigenvalue weighted by Crippen LogP contribution is -2.19. The van der Waals surface area contributed by atoms with Crippen LogP contribution in [-0.4, -0.2) is 23.3 Å². The summed E-state index contributed by atoms with van der Waals surface area (Å²) in [4.78, 5) is 15.3. The molecule has 0 spiro atoms. The largest absolute Gasteiger partial charge is 0.497 e. The Hall–Kier alpha value is -2.60. The molecule has 1 aromatic carbocycles. The van der Waals surface area contributed by atoms with E-state index in [1.807, 2.05) is 0 Å². The number of hydrogen-bond acceptors (Lipinski definition) is 5. The highest BCUT2D eigenvalue weighted by molar-refractivity contribution is 5.65. The minimum absolute atomic E-state index is 0.124. The molecule has 110 valence electrons. The number of ether oxygens (including phenoxy) is 2. The fourth-order valence-corrected chi connectivity index (χ4v) is 1.93. The highest BCUT2D eigenvalue weighted by Gasteiger charge is 2.19. The number of amides is 1. The summed E-state index contributed by atoms with van der Waals surface area (Å²) in [6, 6.07) is 10.4. The molecule has 1 heterocycles. The van der Waals surface area contributed by atoms with E-state index in [0.717, 1.165) is 0 Å². The third kappa shape index (κ3) is 3.70. The average Bonchev–Trinajstić information content (AvgIpc) is 2.52. The number of methoxy groups -OCH3 is 1. The lowest BCUT2D eigenvalue weighted by atomic mass is 10.0. The number of nitrogens with zero attached hydrogens (tertiary/aromatic N) is 1. The monoisotopic (exact) mass is 288 g/mol. The van der Waals surface area contributed by atoms with Gasteiger partial charge in [-0.15, -0.1) is 0 Å². The van der Waals surface area contributed by atoms with E-state index in [0.29, 0.717) is 22.6 Å². The van der Waals surface area contributed by atoms with Gasteiger partial charge in [0, 0.05) is 6.20 Å². The second kappa shape index (κ2) is 6.71. The molecule has 1 unspecified atom stereocenters. The number of primary amides is 1. The molecule has 1 amide bonds. The Morgan fingerprint density at radius 2 is 2.05 bits per heavy atom. The zero-order valence-electron chi connectivity index (χ0n) is 11.5. The Balaban J connectivity index is 2.38. The van der Waals surface area contributed by atoms with E-state index >= 15 is 0 Å². The molecule has 0 saturated heterocycles. The molecule has 0 bridgehead atoms. The van der Waals surface area contributed by atoms with Crippen LogP contribution in [0.2, 0.25) is 0 Å². The van der Waals surface area contributed by atoms with E-state index in [4.69, 9.17) is 15.2 Å². The number of benzene rings is 1. The molecule has 0 saturated carbocycles. The van der Waals surface area contributed by atoms with Gasteiger partial charge in [0.15, 0.2) is 6.10 Å². The average molecular weight is 288 g/mol. The van der Waals surface area contributed by atoms with E-state index in [1.54, 1.807) is 49.7 Å². The van der Waals surface area contributed by atoms with Crippen LogP contribution in [-0.2, 0) is 11.3 Å². The molecular weight excluding hydrogens is 272 g/mol. The van der Waals surface area contributed by atoms with Gasteiger partial charge >= 0.3 is 6.09 Å². The van der Waals surface area contributed by atoms with E-state index in [2.05, 4.69) is 4.98 Å². The van der Waals surface area contributed by atoms with Gasteiger partial charge in [-0.1, -0.05) is 12.1 Å². The molecule has 1 atom stereocenters. The lowest BCUT2D eigenvalue weighted by molar-refractivity contribution is 0.124. The van der Waals surface area contributed by atoms with Crippen LogP contribution in [0.15, 0.2) is 42.6 Å². The predicted molar refractivity (Wildman–Crippen MR) is 75.7 cm³/mol. The van der Waals surface area contributed by atoms with E-state index in [9.17, 15) is 9.90 Å². The molecule has 0 fully saturated rings. The first-order valence-electron chi connectivity index (χ1n) is 6.29. The molecule has 0 aliphatic heterocycles. The topological polar surface area (TPSA) is 94.7 Å². The van der Waals surface area contributed by atoms with Crippen LogP contribution in [0.5, 0.6) is 5.75 Å². The molecular formula is C15H16N2O4. The first-order valence-corrected chi connectivity index (χ1v) is 6.29. The predicted octanol–water partition coefficient (Wildman–Crippen LogP) is 1.77. The second-order valence-corrected chi connectivity index (χ2v) is 4.34. The van der Waals surface area contributed by atoms with Crippen LogP contribution in [0.4, 0.5) is 4.79 Å². The Morgan fingerprint density at radius 1 is 1.33 bits per heavy atom. The summed E-state index contributed by atoms with van der Waals surface area (Å²) in [5.74, 6) is 0.689. The SMILES string of the molecule is COc1ccc(C(OC(N)=O)c2cc(CO)ccn2)cc1. The summed E-state index contributed by atoms with van der Waals surface area (Å²) in [6.07, 6.45) is -0.0891. The maximum atomic E-state index is 11.1. The summed E-state index contributed by atoms with van der Waals surface area (Å²) in [5.41, 5.74) is 7.00. The number of carbonyl (C=O) groups is 1. The highest BCUT2D eigenvalue weighted by Crippen LogP contribution is 2.26. The summed E-state index contributed by atoms with van der Waals surface area (Å²) in [7, 11) is 1.57. The molecule has 1 aromatic heterocycles. The number of aliphatic hydroxyl groups is 1. The number of nitrogens with two attached hydrogens (primary N) is 1. The molecule has 0 aliphatic carbocycles. The molecule has 3 N–H and O–H groups in total. The van der Waals surface area contributed by atoms with Crippen molar-refractivity contribution in [1.82, 2.24) is 4.98 Å². The molecule has 0 aliphatic rings. The van der Waals surface area contributed by atoms with Gasteiger partial charge in [0.2, 0.25) is 0 Å². The van der Waals surface area contributed by atoms with Gasteiger partial charge < -0.3 is 20.3 Å². The van der Waals surface area contributed by atoms with Crippen molar-refractivity contribution in [2.75, 3.05) is 7.11 Å². The van der Waals surface area contributed by atoms with Crippen LogP contribution in [0.1, 0.15) is 22.9 Å². The van der Waals surface area contributed by atoms with Crippen LogP contribution in [0.3, 0.4) is 0 Å². The van der Waals surface area contributed by atoms with Gasteiger partial charge in [0.05, 0.1) is 19.4 Å². The summed E-state index contributed by atoms with van der Waals surface area (Å²) < 4.78 is 10.2. The maximum absolute atomic E-state index is 11.1. The van der Waals surface area contributed by atoms with Crippen LogP contribution >= 0.6 is 0 Å². The summed E-state index contributed by atoms with van der Waals surface area (Å²) >= 11 is 0. The van der Waals surface area contributed by atoms with Crippen molar-refractivity contribution in [2.24, 2.45) is 5.73 Å². The van der Waals surface area contributed by atoms with E-state index < -0.39 is 12.2 Å². The van der Waals surface area contributed by atoms with Gasteiger partial charge in [0.25, 0.3) is 0 Å². The standard InChI is InChI=1S/C15H16N2O4/c1-20-12-4-2-11(3-5-12)14(21-15(16)19)13-8-10(9-18)6-7-17-13/h2-8,14,18H,9H2,1H3,(H2,16,19). The minimum atomic E-state index is -0.896. The fraction of sp³-hybridized carbons (Fsp3) is 0.200. The number of carbonyl (C=O) groups excluding carboxylic acids is 1. The van der Waals surface area contributed by atoms with Crippen LogP contribution < -0.4 is 10.5 Å². The number of pyridine rings is 1. The first-order chi connectivity index (χ1) is 10.1. The Morgan fingerprint density at radius 3 is 2.62 bits per heavy atom. The zero-order chi connectivity index (χ0) is 15.2.